The summed E-state index contributed by atoms with van der Waals surface area (Å²) in [5, 5.41) is 7.71. The topological polar surface area (TPSA) is 46.9 Å². The number of piperidine rings is 1. The molecule has 0 bridgehead atoms. The van der Waals surface area contributed by atoms with E-state index < -0.39 is 0 Å². The summed E-state index contributed by atoms with van der Waals surface area (Å²) in [6.45, 7) is 3.69. The molecule has 1 N–H and O–H groups in total. The van der Waals surface area contributed by atoms with Crippen molar-refractivity contribution in [1.29, 1.82) is 0 Å². The molecular weight excluding hydrogens is 226 g/mol. The third kappa shape index (κ3) is 1.87. The molecule has 1 aromatic heterocycles. The highest BCUT2D eigenvalue weighted by molar-refractivity contribution is 6.33. The predicted octanol–water partition coefficient (Wildman–Crippen LogP) is 1.65. The maximum Gasteiger partial charge on any atom is 0.189 e. The first kappa shape index (κ1) is 11.6. The number of hydrogen-bond acceptors (Lipinski definition) is 3. The largest absolute Gasteiger partial charge is 0.316 e. The van der Waals surface area contributed by atoms with Crippen molar-refractivity contribution in [1.82, 2.24) is 15.1 Å². The Labute approximate surface area is 100.0 Å². The SMILES string of the molecule is Cn1ncc(Cl)c1C(=O)C1(C)CCCNC1. The van der Waals surface area contributed by atoms with Crippen molar-refractivity contribution < 1.29 is 4.79 Å². The van der Waals surface area contributed by atoms with Crippen molar-refractivity contribution in [3.63, 3.8) is 0 Å². The molecule has 2 heterocycles. The molecule has 2 rings (SSSR count). The van der Waals surface area contributed by atoms with Crippen LogP contribution in [0.2, 0.25) is 5.02 Å². The van der Waals surface area contributed by atoms with Crippen molar-refractivity contribution in [2.75, 3.05) is 13.1 Å². The molecule has 16 heavy (non-hydrogen) atoms. The van der Waals surface area contributed by atoms with E-state index in [-0.39, 0.29) is 11.2 Å². The van der Waals surface area contributed by atoms with Crippen LogP contribution in [0.4, 0.5) is 0 Å². The summed E-state index contributed by atoms with van der Waals surface area (Å²) in [5.74, 6) is 0.0877. The van der Waals surface area contributed by atoms with Crippen LogP contribution in [0.15, 0.2) is 6.20 Å². The summed E-state index contributed by atoms with van der Waals surface area (Å²) in [6, 6.07) is 0. The van der Waals surface area contributed by atoms with Crippen LogP contribution in [-0.4, -0.2) is 28.7 Å². The highest BCUT2D eigenvalue weighted by atomic mass is 35.5. The number of nitrogens with zero attached hydrogens (tertiary/aromatic N) is 2. The average Bonchev–Trinajstić information content (AvgIpc) is 2.59. The van der Waals surface area contributed by atoms with Crippen molar-refractivity contribution in [3.8, 4) is 0 Å². The number of carbonyl (C=O) groups excluding carboxylic acids is 1. The highest BCUT2D eigenvalue weighted by Gasteiger charge is 2.37. The Morgan fingerprint density at radius 2 is 2.44 bits per heavy atom. The molecule has 1 unspecified atom stereocenters. The lowest BCUT2D eigenvalue weighted by molar-refractivity contribution is 0.0762. The van der Waals surface area contributed by atoms with Gasteiger partial charge >= 0.3 is 0 Å². The van der Waals surface area contributed by atoms with Crippen LogP contribution in [0, 0.1) is 5.41 Å². The molecule has 1 aliphatic heterocycles. The maximum atomic E-state index is 12.4. The van der Waals surface area contributed by atoms with E-state index in [9.17, 15) is 4.79 Å². The molecule has 5 heteroatoms. The van der Waals surface area contributed by atoms with Gasteiger partial charge in [0.1, 0.15) is 5.69 Å². The fourth-order valence-electron chi connectivity index (χ4n) is 2.20. The van der Waals surface area contributed by atoms with Crippen molar-refractivity contribution >= 4 is 17.4 Å². The second-order valence-electron chi connectivity index (χ2n) is 4.63. The fraction of sp³-hybridized carbons (Fsp3) is 0.636. The zero-order valence-electron chi connectivity index (χ0n) is 9.59. The van der Waals surface area contributed by atoms with E-state index in [1.54, 1.807) is 11.7 Å². The van der Waals surface area contributed by atoms with Gasteiger partial charge in [0.25, 0.3) is 0 Å². The maximum absolute atomic E-state index is 12.4. The van der Waals surface area contributed by atoms with E-state index in [2.05, 4.69) is 10.4 Å². The smallest absolute Gasteiger partial charge is 0.189 e. The van der Waals surface area contributed by atoms with Gasteiger partial charge in [0.2, 0.25) is 0 Å². The first-order valence-electron chi connectivity index (χ1n) is 5.48. The van der Waals surface area contributed by atoms with Gasteiger partial charge in [-0.3, -0.25) is 9.48 Å². The zero-order valence-corrected chi connectivity index (χ0v) is 10.3. The molecule has 0 spiro atoms. The Kier molecular flexibility index (Phi) is 3.04. The molecular formula is C11H16ClN3O. The van der Waals surface area contributed by atoms with Crippen molar-refractivity contribution in [2.24, 2.45) is 12.5 Å². The van der Waals surface area contributed by atoms with Gasteiger partial charge in [-0.2, -0.15) is 5.10 Å². The molecule has 1 fully saturated rings. The molecule has 1 atom stereocenters. The average molecular weight is 242 g/mol. The molecule has 1 saturated heterocycles. The number of carbonyl (C=O) groups is 1. The van der Waals surface area contributed by atoms with Gasteiger partial charge < -0.3 is 5.32 Å². The van der Waals surface area contributed by atoms with Crippen LogP contribution < -0.4 is 5.32 Å². The molecule has 0 amide bonds. The second-order valence-corrected chi connectivity index (χ2v) is 5.04. The fourth-order valence-corrected chi connectivity index (χ4v) is 2.45. The Hall–Kier alpha value is -0.870. The number of rotatable bonds is 2. The second kappa shape index (κ2) is 4.18. The van der Waals surface area contributed by atoms with E-state index in [1.807, 2.05) is 6.92 Å². The van der Waals surface area contributed by atoms with Crippen LogP contribution >= 0.6 is 11.6 Å². The lowest BCUT2D eigenvalue weighted by Gasteiger charge is -2.32. The third-order valence-corrected chi connectivity index (χ3v) is 3.53. The van der Waals surface area contributed by atoms with E-state index in [0.29, 0.717) is 17.3 Å². The molecule has 0 aliphatic carbocycles. The number of hydrogen-bond donors (Lipinski definition) is 1. The van der Waals surface area contributed by atoms with Gasteiger partial charge in [-0.05, 0) is 19.4 Å². The van der Waals surface area contributed by atoms with Gasteiger partial charge in [-0.25, -0.2) is 0 Å². The Balaban J connectivity index is 2.31. The van der Waals surface area contributed by atoms with E-state index in [1.165, 1.54) is 6.20 Å². The zero-order chi connectivity index (χ0) is 11.8. The monoisotopic (exact) mass is 241 g/mol. The number of nitrogens with one attached hydrogen (secondary N) is 1. The minimum Gasteiger partial charge on any atom is -0.316 e. The van der Waals surface area contributed by atoms with Crippen LogP contribution in [-0.2, 0) is 7.05 Å². The minimum atomic E-state index is -0.352. The van der Waals surface area contributed by atoms with Crippen LogP contribution in [0.1, 0.15) is 30.3 Å². The highest BCUT2D eigenvalue weighted by Crippen LogP contribution is 2.31. The Morgan fingerprint density at radius 1 is 1.69 bits per heavy atom. The van der Waals surface area contributed by atoms with E-state index >= 15 is 0 Å². The molecule has 0 saturated carbocycles. The van der Waals surface area contributed by atoms with E-state index in [0.717, 1.165) is 19.4 Å². The van der Waals surface area contributed by atoms with Gasteiger partial charge in [-0.1, -0.05) is 18.5 Å². The number of Topliss-reactive ketones (excluding diaryl/α,β-unsaturated/α-hetero) is 1. The number of halogens is 1. The summed E-state index contributed by atoms with van der Waals surface area (Å²) in [7, 11) is 1.75. The van der Waals surface area contributed by atoms with Gasteiger partial charge in [0.05, 0.1) is 11.2 Å². The standard InChI is InChI=1S/C11H16ClN3O/c1-11(4-3-5-13-7-11)10(16)9-8(12)6-14-15(9)2/h6,13H,3-5,7H2,1-2H3. The van der Waals surface area contributed by atoms with Gasteiger partial charge in [0, 0.05) is 19.0 Å². The molecule has 1 aromatic rings. The Morgan fingerprint density at radius 3 is 2.94 bits per heavy atom. The third-order valence-electron chi connectivity index (χ3n) is 3.25. The lowest BCUT2D eigenvalue weighted by Crippen LogP contribution is -2.44. The summed E-state index contributed by atoms with van der Waals surface area (Å²) >= 11 is 6.00. The van der Waals surface area contributed by atoms with Crippen LogP contribution in [0.25, 0.3) is 0 Å². The molecule has 1 aliphatic rings. The quantitative estimate of drug-likeness (QED) is 0.801. The van der Waals surface area contributed by atoms with Crippen molar-refractivity contribution in [3.05, 3.63) is 16.9 Å². The summed E-state index contributed by atoms with van der Waals surface area (Å²) in [5.41, 5.74) is 0.170. The number of aryl methyl sites for hydroxylation is 1. The van der Waals surface area contributed by atoms with Crippen LogP contribution in [0.3, 0.4) is 0 Å². The molecule has 0 radical (unpaired) electrons. The van der Waals surface area contributed by atoms with Crippen LogP contribution in [0.5, 0.6) is 0 Å². The molecule has 0 aromatic carbocycles. The Bertz CT molecular complexity index is 388. The predicted molar refractivity (Wildman–Crippen MR) is 62.8 cm³/mol. The lowest BCUT2D eigenvalue weighted by atomic mass is 9.78. The summed E-state index contributed by atoms with van der Waals surface area (Å²) in [4.78, 5) is 12.4. The van der Waals surface area contributed by atoms with Gasteiger partial charge in [0.15, 0.2) is 5.78 Å². The van der Waals surface area contributed by atoms with Gasteiger partial charge in [-0.15, -0.1) is 0 Å². The molecule has 4 nitrogen and oxygen atoms in total. The number of aromatic nitrogens is 2. The molecule has 88 valence electrons. The number of ketones is 1. The first-order valence-corrected chi connectivity index (χ1v) is 5.85. The normalized spacial score (nSPS) is 25.7. The summed E-state index contributed by atoms with van der Waals surface area (Å²) in [6.07, 6.45) is 3.45. The summed E-state index contributed by atoms with van der Waals surface area (Å²) < 4.78 is 1.56. The minimum absolute atomic E-state index is 0.0877. The van der Waals surface area contributed by atoms with Crippen molar-refractivity contribution in [2.45, 2.75) is 19.8 Å². The first-order chi connectivity index (χ1) is 7.54. The van der Waals surface area contributed by atoms with E-state index in [4.69, 9.17) is 11.6 Å².